The van der Waals surface area contributed by atoms with Gasteiger partial charge in [-0.25, -0.2) is 0 Å². The van der Waals surface area contributed by atoms with E-state index in [0.29, 0.717) is 15.9 Å². The van der Waals surface area contributed by atoms with Gasteiger partial charge in [0, 0.05) is 0 Å². The number of H-pyrrole nitrogens is 1. The molecule has 116 valence electrons. The molecule has 5 nitrogen and oxygen atoms in total. The van der Waals surface area contributed by atoms with Crippen LogP contribution in [0.2, 0.25) is 0 Å². The summed E-state index contributed by atoms with van der Waals surface area (Å²) in [5, 5.41) is 0.619. The van der Waals surface area contributed by atoms with E-state index in [1.807, 2.05) is 43.3 Å². The van der Waals surface area contributed by atoms with E-state index in [1.54, 1.807) is 10.6 Å². The Bertz CT molecular complexity index is 1020. The van der Waals surface area contributed by atoms with Gasteiger partial charge in [0.1, 0.15) is 0 Å². The Kier molecular flexibility index (Phi) is 3.20. The van der Waals surface area contributed by atoms with Gasteiger partial charge < -0.3 is 14.5 Å². The third kappa shape index (κ3) is 2.22. The van der Waals surface area contributed by atoms with Crippen molar-refractivity contribution in [1.29, 1.82) is 0 Å². The first-order chi connectivity index (χ1) is 11.1. The van der Waals surface area contributed by atoms with Gasteiger partial charge in [0.15, 0.2) is 16.3 Å². The minimum absolute atomic E-state index is 0.102. The first-order valence-corrected chi connectivity index (χ1v) is 7.69. The standard InChI is InChI=1S/C17H14N2O3S/c1-10(11-6-7-14-15(8-11)22-9-21-14)19-16(20)12-4-2-3-5-13(12)18-17(19)23/h2-8,10H,9H2,1H3,(H,18,23). The molecule has 23 heavy (non-hydrogen) atoms. The fourth-order valence-corrected chi connectivity index (χ4v) is 3.20. The van der Waals surface area contributed by atoms with E-state index in [0.717, 1.165) is 16.8 Å². The molecule has 6 heteroatoms. The molecule has 0 saturated carbocycles. The molecule has 0 amide bonds. The summed E-state index contributed by atoms with van der Waals surface area (Å²) < 4.78 is 12.7. The van der Waals surface area contributed by atoms with Crippen molar-refractivity contribution in [3.05, 3.63) is 63.2 Å². The van der Waals surface area contributed by atoms with E-state index in [-0.39, 0.29) is 18.4 Å². The third-order valence-corrected chi connectivity index (χ3v) is 4.40. The minimum Gasteiger partial charge on any atom is -0.454 e. The maximum atomic E-state index is 12.8. The lowest BCUT2D eigenvalue weighted by Crippen LogP contribution is -2.25. The Morgan fingerprint density at radius 3 is 2.83 bits per heavy atom. The van der Waals surface area contributed by atoms with Crippen LogP contribution in [0, 0.1) is 4.77 Å². The summed E-state index contributed by atoms with van der Waals surface area (Å²) in [6.07, 6.45) is 0. The van der Waals surface area contributed by atoms with Crippen LogP contribution in [0.15, 0.2) is 47.3 Å². The third-order valence-electron chi connectivity index (χ3n) is 4.10. The van der Waals surface area contributed by atoms with Crippen LogP contribution in [0.5, 0.6) is 11.5 Å². The van der Waals surface area contributed by atoms with Crippen molar-refractivity contribution in [2.45, 2.75) is 13.0 Å². The molecule has 1 aromatic heterocycles. The summed E-state index contributed by atoms with van der Waals surface area (Å²) in [6.45, 7) is 2.17. The molecule has 1 N–H and O–H groups in total. The van der Waals surface area contributed by atoms with Crippen molar-refractivity contribution in [2.24, 2.45) is 0 Å². The predicted octanol–water partition coefficient (Wildman–Crippen LogP) is 3.40. The molecule has 0 spiro atoms. The summed E-state index contributed by atoms with van der Waals surface area (Å²) >= 11 is 5.39. The summed E-state index contributed by atoms with van der Waals surface area (Å²) in [5.41, 5.74) is 1.58. The topological polar surface area (TPSA) is 56.2 Å². The van der Waals surface area contributed by atoms with E-state index < -0.39 is 0 Å². The molecule has 1 unspecified atom stereocenters. The highest BCUT2D eigenvalue weighted by atomic mass is 32.1. The summed E-state index contributed by atoms with van der Waals surface area (Å²) in [7, 11) is 0. The normalized spacial score (nSPS) is 14.1. The van der Waals surface area contributed by atoms with Crippen LogP contribution in [0.3, 0.4) is 0 Å². The highest BCUT2D eigenvalue weighted by Gasteiger charge is 2.18. The van der Waals surface area contributed by atoms with Gasteiger partial charge in [-0.1, -0.05) is 18.2 Å². The number of para-hydroxylation sites is 1. The van der Waals surface area contributed by atoms with E-state index in [9.17, 15) is 4.79 Å². The molecule has 4 rings (SSSR count). The van der Waals surface area contributed by atoms with E-state index in [1.165, 1.54) is 0 Å². The largest absolute Gasteiger partial charge is 0.454 e. The van der Waals surface area contributed by atoms with Gasteiger partial charge in [-0.15, -0.1) is 0 Å². The number of aromatic amines is 1. The molecule has 0 radical (unpaired) electrons. The molecule has 0 bridgehead atoms. The van der Waals surface area contributed by atoms with Crippen LogP contribution < -0.4 is 15.0 Å². The highest BCUT2D eigenvalue weighted by molar-refractivity contribution is 7.71. The van der Waals surface area contributed by atoms with Gasteiger partial charge in [-0.05, 0) is 49.0 Å². The maximum absolute atomic E-state index is 12.8. The lowest BCUT2D eigenvalue weighted by Gasteiger charge is -2.17. The van der Waals surface area contributed by atoms with Crippen LogP contribution >= 0.6 is 12.2 Å². The van der Waals surface area contributed by atoms with E-state index in [2.05, 4.69) is 4.98 Å². The van der Waals surface area contributed by atoms with Crippen molar-refractivity contribution < 1.29 is 9.47 Å². The second kappa shape index (κ2) is 5.24. The molecule has 0 aliphatic carbocycles. The number of fused-ring (bicyclic) bond motifs is 2. The zero-order valence-corrected chi connectivity index (χ0v) is 13.2. The summed E-state index contributed by atoms with van der Waals surface area (Å²) in [5.74, 6) is 1.41. The van der Waals surface area contributed by atoms with Gasteiger partial charge >= 0.3 is 0 Å². The highest BCUT2D eigenvalue weighted by Crippen LogP contribution is 2.34. The Morgan fingerprint density at radius 2 is 1.96 bits per heavy atom. The average Bonchev–Trinajstić information content (AvgIpc) is 3.02. The number of nitrogens with zero attached hydrogens (tertiary/aromatic N) is 1. The number of ether oxygens (including phenoxy) is 2. The number of rotatable bonds is 2. The molecule has 2 aromatic carbocycles. The second-order valence-electron chi connectivity index (χ2n) is 5.44. The van der Waals surface area contributed by atoms with Crippen molar-refractivity contribution in [2.75, 3.05) is 6.79 Å². The predicted molar refractivity (Wildman–Crippen MR) is 89.8 cm³/mol. The average molecular weight is 326 g/mol. The van der Waals surface area contributed by atoms with Crippen molar-refractivity contribution in [3.63, 3.8) is 0 Å². The van der Waals surface area contributed by atoms with Gasteiger partial charge in [0.05, 0.1) is 16.9 Å². The monoisotopic (exact) mass is 326 g/mol. The van der Waals surface area contributed by atoms with Gasteiger partial charge in [0.2, 0.25) is 6.79 Å². The molecule has 3 aromatic rings. The van der Waals surface area contributed by atoms with Crippen molar-refractivity contribution in [3.8, 4) is 11.5 Å². The lowest BCUT2D eigenvalue weighted by atomic mass is 10.1. The molecule has 0 fully saturated rings. The molecule has 2 heterocycles. The number of hydrogen-bond acceptors (Lipinski definition) is 4. The van der Waals surface area contributed by atoms with Crippen LogP contribution in [-0.4, -0.2) is 16.3 Å². The first kappa shape index (κ1) is 14.0. The number of nitrogens with one attached hydrogen (secondary N) is 1. The Morgan fingerprint density at radius 1 is 1.17 bits per heavy atom. The number of aromatic nitrogens is 2. The molecule has 0 saturated heterocycles. The van der Waals surface area contributed by atoms with Crippen LogP contribution in [0.1, 0.15) is 18.5 Å². The summed E-state index contributed by atoms with van der Waals surface area (Å²) in [4.78, 5) is 15.9. The molecule has 1 aliphatic heterocycles. The molecular weight excluding hydrogens is 312 g/mol. The smallest absolute Gasteiger partial charge is 0.262 e. The molecule has 1 aliphatic rings. The van der Waals surface area contributed by atoms with E-state index >= 15 is 0 Å². The minimum atomic E-state index is -0.217. The van der Waals surface area contributed by atoms with Crippen molar-refractivity contribution >= 4 is 23.1 Å². The SMILES string of the molecule is CC(c1ccc2c(c1)OCO2)n1c(=S)[nH]c2ccccc2c1=O. The van der Waals surface area contributed by atoms with Crippen LogP contribution in [0.25, 0.3) is 10.9 Å². The molecular formula is C17H14N2O3S. The number of benzene rings is 2. The fraction of sp³-hybridized carbons (Fsp3) is 0.176. The fourth-order valence-electron chi connectivity index (χ4n) is 2.85. The zero-order chi connectivity index (χ0) is 16.0. The van der Waals surface area contributed by atoms with Gasteiger partial charge in [-0.3, -0.25) is 9.36 Å². The Hall–Kier alpha value is -2.60. The Labute approximate surface area is 137 Å². The van der Waals surface area contributed by atoms with Crippen LogP contribution in [0.4, 0.5) is 0 Å². The quantitative estimate of drug-likeness (QED) is 0.733. The molecule has 1 atom stereocenters. The second-order valence-corrected chi connectivity index (χ2v) is 5.83. The lowest BCUT2D eigenvalue weighted by molar-refractivity contribution is 0.174. The number of hydrogen-bond donors (Lipinski definition) is 1. The van der Waals surface area contributed by atoms with Gasteiger partial charge in [0.25, 0.3) is 5.56 Å². The van der Waals surface area contributed by atoms with Gasteiger partial charge in [-0.2, -0.15) is 0 Å². The zero-order valence-electron chi connectivity index (χ0n) is 12.4. The first-order valence-electron chi connectivity index (χ1n) is 7.28. The van der Waals surface area contributed by atoms with Crippen LogP contribution in [-0.2, 0) is 0 Å². The summed E-state index contributed by atoms with van der Waals surface area (Å²) in [6, 6.07) is 12.8. The van der Waals surface area contributed by atoms with E-state index in [4.69, 9.17) is 21.7 Å². The Balaban J connectivity index is 1.88. The van der Waals surface area contributed by atoms with Crippen molar-refractivity contribution in [1.82, 2.24) is 9.55 Å². The maximum Gasteiger partial charge on any atom is 0.262 e.